The molecular weight excluding hydrogens is 471 g/mol. The van der Waals surface area contributed by atoms with Gasteiger partial charge in [-0.1, -0.05) is 54.7 Å². The second-order valence-electron chi connectivity index (χ2n) is 7.38. The molecule has 2 aromatic carbocycles. The number of amides is 2. The lowest BCUT2D eigenvalue weighted by atomic mass is 10.1. The zero-order chi connectivity index (χ0) is 23.5. The van der Waals surface area contributed by atoms with Gasteiger partial charge in [-0.3, -0.25) is 9.59 Å². The molecule has 0 aromatic heterocycles. The number of ether oxygens (including phenoxy) is 1. The number of hydrogen-bond donors (Lipinski definition) is 1. The van der Waals surface area contributed by atoms with Gasteiger partial charge < -0.3 is 15.0 Å². The van der Waals surface area contributed by atoms with Crippen LogP contribution in [0, 0.1) is 0 Å². The lowest BCUT2D eigenvalue weighted by Gasteiger charge is -2.31. The molecule has 0 aliphatic carbocycles. The van der Waals surface area contributed by atoms with Gasteiger partial charge in [0, 0.05) is 34.6 Å². The normalized spacial score (nSPS) is 11.7. The van der Waals surface area contributed by atoms with E-state index in [1.807, 2.05) is 13.8 Å². The van der Waals surface area contributed by atoms with Crippen molar-refractivity contribution in [3.63, 3.8) is 0 Å². The van der Waals surface area contributed by atoms with Gasteiger partial charge in [0.1, 0.15) is 11.8 Å². The van der Waals surface area contributed by atoms with Crippen molar-refractivity contribution in [2.24, 2.45) is 0 Å². The number of nitrogens with one attached hydrogen (secondary N) is 1. The molecule has 1 N–H and O–H groups in total. The maximum absolute atomic E-state index is 13.2. The molecule has 1 atom stereocenters. The van der Waals surface area contributed by atoms with Gasteiger partial charge >= 0.3 is 0 Å². The van der Waals surface area contributed by atoms with Crippen molar-refractivity contribution in [2.45, 2.75) is 52.1 Å². The third kappa shape index (κ3) is 8.19. The van der Waals surface area contributed by atoms with Crippen molar-refractivity contribution >= 4 is 46.6 Å². The molecule has 2 rings (SSSR count). The zero-order valence-corrected chi connectivity index (χ0v) is 20.6. The van der Waals surface area contributed by atoms with E-state index < -0.39 is 6.04 Å². The van der Waals surface area contributed by atoms with Gasteiger partial charge in [-0.05, 0) is 61.2 Å². The second kappa shape index (κ2) is 13.6. The Kier molecular flexibility index (Phi) is 11.1. The van der Waals surface area contributed by atoms with Gasteiger partial charge in [0.25, 0.3) is 0 Å². The molecule has 2 aromatic rings. The van der Waals surface area contributed by atoms with E-state index in [2.05, 4.69) is 5.32 Å². The van der Waals surface area contributed by atoms with Crippen LogP contribution in [0.1, 0.15) is 45.1 Å². The monoisotopic (exact) mass is 498 g/mol. The zero-order valence-electron chi connectivity index (χ0n) is 18.4. The van der Waals surface area contributed by atoms with Crippen molar-refractivity contribution in [3.05, 3.63) is 63.1 Å². The smallest absolute Gasteiger partial charge is 0.242 e. The Morgan fingerprint density at radius 1 is 1.03 bits per heavy atom. The molecule has 0 saturated carbocycles. The van der Waals surface area contributed by atoms with Crippen molar-refractivity contribution in [3.8, 4) is 5.75 Å². The molecule has 174 valence electrons. The molecule has 0 saturated heterocycles. The van der Waals surface area contributed by atoms with E-state index in [0.717, 1.165) is 12.0 Å². The summed E-state index contributed by atoms with van der Waals surface area (Å²) < 4.78 is 5.68. The van der Waals surface area contributed by atoms with Gasteiger partial charge in [0.2, 0.25) is 11.8 Å². The van der Waals surface area contributed by atoms with E-state index in [4.69, 9.17) is 39.5 Å². The SMILES string of the molecule is CCCNC(=O)[C@H](CC)N(Cc1ccc(Cl)cc1Cl)C(=O)CCCOc1ccc(Cl)cc1. The number of nitrogens with zero attached hydrogens (tertiary/aromatic N) is 1. The summed E-state index contributed by atoms with van der Waals surface area (Å²) in [4.78, 5) is 27.5. The van der Waals surface area contributed by atoms with Crippen molar-refractivity contribution < 1.29 is 14.3 Å². The summed E-state index contributed by atoms with van der Waals surface area (Å²) in [5, 5.41) is 4.51. The highest BCUT2D eigenvalue weighted by Crippen LogP contribution is 2.24. The average molecular weight is 500 g/mol. The maximum atomic E-state index is 13.2. The molecule has 0 bridgehead atoms. The van der Waals surface area contributed by atoms with Crippen LogP contribution in [0.5, 0.6) is 5.75 Å². The summed E-state index contributed by atoms with van der Waals surface area (Å²) in [6, 6.07) is 11.6. The minimum atomic E-state index is -0.585. The molecule has 0 aliphatic heterocycles. The Hall–Kier alpha value is -1.95. The fourth-order valence-corrected chi connectivity index (χ4v) is 3.80. The minimum Gasteiger partial charge on any atom is -0.494 e. The Balaban J connectivity index is 2.07. The molecule has 0 unspecified atom stereocenters. The van der Waals surface area contributed by atoms with Crippen LogP contribution in [0.25, 0.3) is 0 Å². The number of hydrogen-bond acceptors (Lipinski definition) is 3. The molecule has 0 spiro atoms. The van der Waals surface area contributed by atoms with Crippen LogP contribution in [-0.4, -0.2) is 35.9 Å². The molecule has 8 heteroatoms. The van der Waals surface area contributed by atoms with Gasteiger partial charge in [-0.15, -0.1) is 0 Å². The fourth-order valence-electron chi connectivity index (χ4n) is 3.21. The van der Waals surface area contributed by atoms with Crippen LogP contribution < -0.4 is 10.1 Å². The fraction of sp³-hybridized carbons (Fsp3) is 0.417. The summed E-state index contributed by atoms with van der Waals surface area (Å²) in [5.74, 6) is 0.399. The highest BCUT2D eigenvalue weighted by molar-refractivity contribution is 6.35. The lowest BCUT2D eigenvalue weighted by Crippen LogP contribution is -2.49. The first-order chi connectivity index (χ1) is 15.3. The number of rotatable bonds is 12. The number of benzene rings is 2. The molecule has 5 nitrogen and oxygen atoms in total. The largest absolute Gasteiger partial charge is 0.494 e. The van der Waals surface area contributed by atoms with E-state index >= 15 is 0 Å². The van der Waals surface area contributed by atoms with Gasteiger partial charge in [-0.2, -0.15) is 0 Å². The van der Waals surface area contributed by atoms with Gasteiger partial charge in [0.05, 0.1) is 6.61 Å². The number of carbonyl (C=O) groups is 2. The Morgan fingerprint density at radius 3 is 2.34 bits per heavy atom. The van der Waals surface area contributed by atoms with Crippen molar-refractivity contribution in [2.75, 3.05) is 13.2 Å². The third-order valence-electron chi connectivity index (χ3n) is 4.91. The van der Waals surface area contributed by atoms with Crippen molar-refractivity contribution in [1.82, 2.24) is 10.2 Å². The first-order valence-corrected chi connectivity index (χ1v) is 11.9. The molecular formula is C24H29Cl3N2O3. The van der Waals surface area contributed by atoms with E-state index in [0.29, 0.717) is 46.8 Å². The predicted octanol–water partition coefficient (Wildman–Crippen LogP) is 6.14. The Bertz CT molecular complexity index is 891. The van der Waals surface area contributed by atoms with Crippen LogP contribution >= 0.6 is 34.8 Å². The van der Waals surface area contributed by atoms with Crippen LogP contribution in [-0.2, 0) is 16.1 Å². The van der Waals surface area contributed by atoms with Crippen LogP contribution in [0.15, 0.2) is 42.5 Å². The summed E-state index contributed by atoms with van der Waals surface area (Å²) >= 11 is 18.2. The van der Waals surface area contributed by atoms with E-state index in [-0.39, 0.29) is 24.8 Å². The number of carbonyl (C=O) groups excluding carboxylic acids is 2. The molecule has 0 heterocycles. The first kappa shape index (κ1) is 26.3. The summed E-state index contributed by atoms with van der Waals surface area (Å²) in [6.07, 6.45) is 2.07. The lowest BCUT2D eigenvalue weighted by molar-refractivity contribution is -0.141. The Labute approximate surface area is 205 Å². The van der Waals surface area contributed by atoms with E-state index in [1.54, 1.807) is 47.4 Å². The standard InChI is InChI=1S/C24H29Cl3N2O3/c1-3-13-28-24(31)22(4-2)29(16-17-7-8-19(26)15-21(17)27)23(30)6-5-14-32-20-11-9-18(25)10-12-20/h7-12,15,22H,3-6,13-14,16H2,1-2H3,(H,28,31)/t22-/m0/s1. The maximum Gasteiger partial charge on any atom is 0.242 e. The summed E-state index contributed by atoms with van der Waals surface area (Å²) in [5.41, 5.74) is 0.739. The number of halogens is 3. The molecule has 0 radical (unpaired) electrons. The van der Waals surface area contributed by atoms with Gasteiger partial charge in [0.15, 0.2) is 0 Å². The summed E-state index contributed by atoms with van der Waals surface area (Å²) in [7, 11) is 0. The highest BCUT2D eigenvalue weighted by atomic mass is 35.5. The molecule has 32 heavy (non-hydrogen) atoms. The topological polar surface area (TPSA) is 58.6 Å². The van der Waals surface area contributed by atoms with E-state index in [1.165, 1.54) is 0 Å². The minimum absolute atomic E-state index is 0.130. The quantitative estimate of drug-likeness (QED) is 0.357. The highest BCUT2D eigenvalue weighted by Gasteiger charge is 2.28. The van der Waals surface area contributed by atoms with Crippen molar-refractivity contribution in [1.29, 1.82) is 0 Å². The van der Waals surface area contributed by atoms with Crippen LogP contribution in [0.4, 0.5) is 0 Å². The average Bonchev–Trinajstić information content (AvgIpc) is 2.77. The predicted molar refractivity (Wildman–Crippen MR) is 131 cm³/mol. The second-order valence-corrected chi connectivity index (χ2v) is 8.66. The summed E-state index contributed by atoms with van der Waals surface area (Å²) in [6.45, 7) is 5.04. The van der Waals surface area contributed by atoms with E-state index in [9.17, 15) is 9.59 Å². The van der Waals surface area contributed by atoms with Crippen LogP contribution in [0.3, 0.4) is 0 Å². The molecule has 0 fully saturated rings. The third-order valence-corrected chi connectivity index (χ3v) is 5.75. The Morgan fingerprint density at radius 2 is 1.72 bits per heavy atom. The molecule has 2 amide bonds. The van der Waals surface area contributed by atoms with Gasteiger partial charge in [-0.25, -0.2) is 0 Å². The first-order valence-electron chi connectivity index (χ1n) is 10.7. The molecule has 0 aliphatic rings. The van der Waals surface area contributed by atoms with Crippen LogP contribution in [0.2, 0.25) is 15.1 Å².